The largest absolute Gasteiger partial charge is 0.457 e. The summed E-state index contributed by atoms with van der Waals surface area (Å²) in [6.45, 7) is 13.8. The maximum Gasteiger partial charge on any atom is 0.269 e. The van der Waals surface area contributed by atoms with Crippen molar-refractivity contribution in [2.75, 3.05) is 4.90 Å². The lowest BCUT2D eigenvalue weighted by Crippen LogP contribution is -2.59. The number of benzene rings is 6. The summed E-state index contributed by atoms with van der Waals surface area (Å²) in [5.41, 5.74) is 14.8. The summed E-state index contributed by atoms with van der Waals surface area (Å²) >= 11 is 1.95. The molecule has 2 aliphatic rings. The Kier molecular flexibility index (Phi) is 5.63. The van der Waals surface area contributed by atoms with Crippen LogP contribution in [0.25, 0.3) is 59.5 Å². The van der Waals surface area contributed by atoms with Gasteiger partial charge in [0.2, 0.25) is 0 Å². The molecule has 5 heteroatoms. The van der Waals surface area contributed by atoms with Crippen molar-refractivity contribution in [1.82, 2.24) is 4.57 Å². The van der Waals surface area contributed by atoms with Crippen LogP contribution in [0.15, 0.2) is 120 Å². The summed E-state index contributed by atoms with van der Waals surface area (Å²) in [6, 6.07) is 43.3. The molecule has 3 aromatic heterocycles. The molecule has 3 nitrogen and oxygen atoms in total. The highest BCUT2D eigenvalue weighted by Crippen LogP contribution is 2.48. The van der Waals surface area contributed by atoms with Crippen molar-refractivity contribution < 1.29 is 4.42 Å². The molecule has 0 atom stereocenters. The summed E-state index contributed by atoms with van der Waals surface area (Å²) in [5, 5.41) is 6.24. The van der Waals surface area contributed by atoms with Crippen LogP contribution in [0.1, 0.15) is 52.7 Å². The van der Waals surface area contributed by atoms with Crippen LogP contribution in [0.2, 0.25) is 0 Å². The normalized spacial score (nSPS) is 14.0. The van der Waals surface area contributed by atoms with Gasteiger partial charge in [-0.25, -0.2) is 0 Å². The summed E-state index contributed by atoms with van der Waals surface area (Å²) in [5.74, 6) is 0. The number of hydrogen-bond donors (Lipinski definition) is 0. The lowest BCUT2D eigenvalue weighted by molar-refractivity contribution is 0.590. The molecule has 11 rings (SSSR count). The Morgan fingerprint density at radius 1 is 0.588 bits per heavy atom. The van der Waals surface area contributed by atoms with Gasteiger partial charge < -0.3 is 13.9 Å². The molecule has 0 spiro atoms. The van der Waals surface area contributed by atoms with Crippen LogP contribution in [-0.4, -0.2) is 11.3 Å². The monoisotopic (exact) mass is 676 g/mol. The maximum absolute atomic E-state index is 6.97. The fourth-order valence-corrected chi connectivity index (χ4v) is 10.3. The average Bonchev–Trinajstić information content (AvgIpc) is 3.79. The number of thiophene rings is 1. The Balaban J connectivity index is 1.33. The van der Waals surface area contributed by atoms with Crippen molar-refractivity contribution in [3.05, 3.63) is 126 Å². The second-order valence-corrected chi connectivity index (χ2v) is 17.6. The zero-order chi connectivity index (χ0) is 34.6. The number of nitrogens with zero attached hydrogens (tertiary/aromatic N) is 2. The van der Waals surface area contributed by atoms with E-state index < -0.39 is 0 Å². The number of anilines is 3. The van der Waals surface area contributed by atoms with E-state index in [2.05, 4.69) is 166 Å². The van der Waals surface area contributed by atoms with E-state index in [1.165, 1.54) is 92.2 Å². The molecule has 51 heavy (non-hydrogen) atoms. The smallest absolute Gasteiger partial charge is 0.269 e. The van der Waals surface area contributed by atoms with Gasteiger partial charge in [0.05, 0.1) is 16.7 Å². The van der Waals surface area contributed by atoms with Gasteiger partial charge in [-0.15, -0.1) is 11.3 Å². The Morgan fingerprint density at radius 3 is 2.08 bits per heavy atom. The third-order valence-corrected chi connectivity index (χ3v) is 12.7. The molecule has 2 aliphatic heterocycles. The van der Waals surface area contributed by atoms with Crippen LogP contribution in [-0.2, 0) is 10.8 Å². The van der Waals surface area contributed by atoms with Crippen LogP contribution in [0, 0.1) is 0 Å². The van der Waals surface area contributed by atoms with Crippen LogP contribution < -0.4 is 20.6 Å². The van der Waals surface area contributed by atoms with E-state index in [0.717, 1.165) is 11.2 Å². The summed E-state index contributed by atoms with van der Waals surface area (Å²) in [6.07, 6.45) is 0. The van der Waals surface area contributed by atoms with Gasteiger partial charge in [0.15, 0.2) is 0 Å². The minimum absolute atomic E-state index is 0.00959. The topological polar surface area (TPSA) is 21.3 Å². The maximum atomic E-state index is 6.97. The molecule has 246 valence electrons. The molecule has 0 N–H and O–H groups in total. The summed E-state index contributed by atoms with van der Waals surface area (Å²) < 4.78 is 12.2. The molecule has 0 aliphatic carbocycles. The number of furan rings is 1. The van der Waals surface area contributed by atoms with Gasteiger partial charge in [-0.05, 0) is 87.5 Å². The number of rotatable bonds is 1. The molecule has 6 aromatic carbocycles. The molecule has 0 amide bonds. The Labute approximate surface area is 301 Å². The fourth-order valence-electron chi connectivity index (χ4n) is 8.98. The fraction of sp³-hybridized carbons (Fsp3) is 0.174. The summed E-state index contributed by atoms with van der Waals surface area (Å²) in [4.78, 5) is 2.56. The van der Waals surface area contributed by atoms with Crippen molar-refractivity contribution in [2.24, 2.45) is 0 Å². The van der Waals surface area contributed by atoms with E-state index in [0.29, 0.717) is 0 Å². The van der Waals surface area contributed by atoms with Crippen LogP contribution in [0.3, 0.4) is 0 Å². The predicted molar refractivity (Wildman–Crippen MR) is 220 cm³/mol. The Bertz CT molecular complexity index is 2950. The highest BCUT2D eigenvalue weighted by atomic mass is 32.1. The lowest BCUT2D eigenvalue weighted by atomic mass is 9.36. The van der Waals surface area contributed by atoms with Crippen molar-refractivity contribution >= 4 is 105 Å². The van der Waals surface area contributed by atoms with Gasteiger partial charge in [0.1, 0.15) is 11.2 Å². The van der Waals surface area contributed by atoms with Crippen LogP contribution in [0.4, 0.5) is 17.1 Å². The number of aromatic nitrogens is 1. The van der Waals surface area contributed by atoms with Gasteiger partial charge in [-0.3, -0.25) is 0 Å². The van der Waals surface area contributed by atoms with Gasteiger partial charge >= 0.3 is 0 Å². The van der Waals surface area contributed by atoms with E-state index in [4.69, 9.17) is 4.42 Å². The first kappa shape index (κ1) is 29.5. The van der Waals surface area contributed by atoms with Crippen molar-refractivity contribution in [3.8, 4) is 5.69 Å². The van der Waals surface area contributed by atoms with E-state index in [-0.39, 0.29) is 17.5 Å². The van der Waals surface area contributed by atoms with Crippen LogP contribution in [0.5, 0.6) is 0 Å². The van der Waals surface area contributed by atoms with Gasteiger partial charge in [-0.1, -0.05) is 102 Å². The number of hydrogen-bond acceptors (Lipinski definition) is 3. The molecule has 0 saturated heterocycles. The first-order chi connectivity index (χ1) is 24.6. The minimum atomic E-state index is 0.00959. The van der Waals surface area contributed by atoms with Gasteiger partial charge in [-0.2, -0.15) is 0 Å². The van der Waals surface area contributed by atoms with Crippen molar-refractivity contribution in [3.63, 3.8) is 0 Å². The molecule has 0 radical (unpaired) electrons. The molecule has 5 heterocycles. The second kappa shape index (κ2) is 9.74. The molecule has 0 bridgehead atoms. The third-order valence-electron chi connectivity index (χ3n) is 11.5. The standard InChI is InChI=1S/C46H37BN2OS/c1-45(2,3)26-18-21-28(22-19-26)48-35-15-11-16-36-39(35)47(44-42(48)33-24-27(46(4,5)6)20-23-38(33)51-44)40-41-31(29-12-7-9-14-34(29)49(36)41)25-32-30-13-8-10-17-37(30)50-43(32)40/h7-25H,1-6H3. The zero-order valence-corrected chi connectivity index (χ0v) is 30.6. The first-order valence-corrected chi connectivity index (χ1v) is 18.9. The van der Waals surface area contributed by atoms with Gasteiger partial charge in [0, 0.05) is 53.5 Å². The molecule has 9 aromatic rings. The van der Waals surface area contributed by atoms with E-state index in [9.17, 15) is 0 Å². The Morgan fingerprint density at radius 2 is 1.29 bits per heavy atom. The quantitative estimate of drug-likeness (QED) is 0.161. The molecule has 0 fully saturated rings. The van der Waals surface area contributed by atoms with Crippen LogP contribution >= 0.6 is 11.3 Å². The van der Waals surface area contributed by atoms with E-state index >= 15 is 0 Å². The highest BCUT2D eigenvalue weighted by molar-refractivity contribution is 7.34. The molecule has 0 saturated carbocycles. The van der Waals surface area contributed by atoms with E-state index in [1.54, 1.807) is 0 Å². The number of para-hydroxylation sites is 2. The molecule has 0 unspecified atom stereocenters. The van der Waals surface area contributed by atoms with Crippen molar-refractivity contribution in [2.45, 2.75) is 52.4 Å². The predicted octanol–water partition coefficient (Wildman–Crippen LogP) is 11.1. The Hall–Kier alpha value is -5.26. The number of fused-ring (bicyclic) bond motifs is 13. The highest BCUT2D eigenvalue weighted by Gasteiger charge is 2.46. The first-order valence-electron chi connectivity index (χ1n) is 18.1. The minimum Gasteiger partial charge on any atom is -0.457 e. The third kappa shape index (κ3) is 3.85. The van der Waals surface area contributed by atoms with Gasteiger partial charge in [0.25, 0.3) is 6.71 Å². The molecular formula is C46H37BN2OS. The SMILES string of the molecule is CC(C)(C)c1ccc(N2c3cccc4c3B(c3sc5ccc(C(C)(C)C)cc5c32)c2c3oc5ccccc5c3cc3c5ccccc5n-4c23)cc1. The average molecular weight is 677 g/mol. The second-order valence-electron chi connectivity index (χ2n) is 16.6. The summed E-state index contributed by atoms with van der Waals surface area (Å²) in [7, 11) is 0. The zero-order valence-electron chi connectivity index (χ0n) is 29.8. The van der Waals surface area contributed by atoms with Crippen molar-refractivity contribution in [1.29, 1.82) is 0 Å². The van der Waals surface area contributed by atoms with E-state index in [1.807, 2.05) is 11.3 Å². The molecular weight excluding hydrogens is 639 g/mol. The lowest BCUT2D eigenvalue weighted by Gasteiger charge is -2.39.